The standard InChI is InChI=1S/C23H28N2O3S/c1-2-6-22(26)25-18-12-10-17(11-13-18)15-24-23(27)20-8-3-4-9-21(20)29-16-19-7-5-14-28-19/h3-4,8-13,19H,2,5-7,14-16H2,1H3,(H,24,27)(H,25,26). The number of amides is 2. The second kappa shape index (κ2) is 11.0. The predicted octanol–water partition coefficient (Wildman–Crippen LogP) is 4.63. The first kappa shape index (κ1) is 21.4. The summed E-state index contributed by atoms with van der Waals surface area (Å²) in [4.78, 5) is 25.3. The minimum absolute atomic E-state index is 0.0191. The second-order valence-electron chi connectivity index (χ2n) is 7.12. The van der Waals surface area contributed by atoms with Crippen LogP contribution >= 0.6 is 11.8 Å². The van der Waals surface area contributed by atoms with Gasteiger partial charge in [0, 0.05) is 35.9 Å². The highest BCUT2D eigenvalue weighted by molar-refractivity contribution is 7.99. The Labute approximate surface area is 176 Å². The van der Waals surface area contributed by atoms with Gasteiger partial charge in [0.25, 0.3) is 5.91 Å². The van der Waals surface area contributed by atoms with E-state index in [2.05, 4.69) is 10.6 Å². The summed E-state index contributed by atoms with van der Waals surface area (Å²) in [7, 11) is 0. The molecule has 2 amide bonds. The summed E-state index contributed by atoms with van der Waals surface area (Å²) >= 11 is 1.68. The average Bonchev–Trinajstić information content (AvgIpc) is 3.25. The Morgan fingerprint density at radius 1 is 1.14 bits per heavy atom. The molecule has 0 radical (unpaired) electrons. The number of ether oxygens (including phenoxy) is 1. The molecule has 1 unspecified atom stereocenters. The van der Waals surface area contributed by atoms with Crippen molar-refractivity contribution in [2.24, 2.45) is 0 Å². The van der Waals surface area contributed by atoms with Crippen molar-refractivity contribution in [1.29, 1.82) is 0 Å². The van der Waals surface area contributed by atoms with E-state index in [4.69, 9.17) is 4.74 Å². The molecule has 154 valence electrons. The van der Waals surface area contributed by atoms with E-state index in [-0.39, 0.29) is 17.9 Å². The molecule has 6 heteroatoms. The van der Waals surface area contributed by atoms with Gasteiger partial charge in [0.05, 0.1) is 11.7 Å². The van der Waals surface area contributed by atoms with Gasteiger partial charge < -0.3 is 15.4 Å². The van der Waals surface area contributed by atoms with Crippen molar-refractivity contribution in [1.82, 2.24) is 5.32 Å². The third kappa shape index (κ3) is 6.61. The summed E-state index contributed by atoms with van der Waals surface area (Å²) in [5.74, 6) is 0.807. The summed E-state index contributed by atoms with van der Waals surface area (Å²) in [5.41, 5.74) is 2.45. The number of benzene rings is 2. The first-order valence-corrected chi connectivity index (χ1v) is 11.1. The highest BCUT2D eigenvalue weighted by Gasteiger charge is 2.17. The monoisotopic (exact) mass is 412 g/mol. The molecule has 5 nitrogen and oxygen atoms in total. The van der Waals surface area contributed by atoms with E-state index in [0.717, 1.165) is 47.8 Å². The molecule has 0 aliphatic carbocycles. The SMILES string of the molecule is CCCC(=O)Nc1ccc(CNC(=O)c2ccccc2SCC2CCCO2)cc1. The van der Waals surface area contributed by atoms with Crippen LogP contribution < -0.4 is 10.6 Å². The van der Waals surface area contributed by atoms with Gasteiger partial charge in [0.15, 0.2) is 0 Å². The molecular formula is C23H28N2O3S. The minimum Gasteiger partial charge on any atom is -0.377 e. The van der Waals surface area contributed by atoms with E-state index in [1.807, 2.05) is 55.5 Å². The van der Waals surface area contributed by atoms with Gasteiger partial charge in [0.1, 0.15) is 0 Å². The van der Waals surface area contributed by atoms with Crippen LogP contribution in [0.1, 0.15) is 48.5 Å². The van der Waals surface area contributed by atoms with E-state index >= 15 is 0 Å². The van der Waals surface area contributed by atoms with Crippen molar-refractivity contribution >= 4 is 29.3 Å². The van der Waals surface area contributed by atoms with Crippen molar-refractivity contribution in [2.75, 3.05) is 17.7 Å². The van der Waals surface area contributed by atoms with E-state index in [1.54, 1.807) is 11.8 Å². The van der Waals surface area contributed by atoms with Gasteiger partial charge >= 0.3 is 0 Å². The summed E-state index contributed by atoms with van der Waals surface area (Å²) in [6.45, 7) is 3.26. The lowest BCUT2D eigenvalue weighted by molar-refractivity contribution is -0.116. The second-order valence-corrected chi connectivity index (χ2v) is 8.18. The number of hydrogen-bond donors (Lipinski definition) is 2. The van der Waals surface area contributed by atoms with Gasteiger partial charge in [-0.25, -0.2) is 0 Å². The van der Waals surface area contributed by atoms with Crippen LogP contribution in [-0.2, 0) is 16.1 Å². The lowest BCUT2D eigenvalue weighted by Crippen LogP contribution is -2.23. The molecule has 1 heterocycles. The van der Waals surface area contributed by atoms with Gasteiger partial charge in [-0.1, -0.05) is 31.2 Å². The topological polar surface area (TPSA) is 67.4 Å². The molecule has 1 saturated heterocycles. The van der Waals surface area contributed by atoms with Crippen molar-refractivity contribution in [3.05, 3.63) is 59.7 Å². The van der Waals surface area contributed by atoms with Crippen molar-refractivity contribution in [3.63, 3.8) is 0 Å². The normalized spacial score (nSPS) is 15.8. The highest BCUT2D eigenvalue weighted by atomic mass is 32.2. The van der Waals surface area contributed by atoms with Crippen LogP contribution in [0.4, 0.5) is 5.69 Å². The Kier molecular flexibility index (Phi) is 8.14. The van der Waals surface area contributed by atoms with Gasteiger partial charge in [-0.15, -0.1) is 11.8 Å². The third-order valence-electron chi connectivity index (χ3n) is 4.75. The van der Waals surface area contributed by atoms with Gasteiger partial charge in [-0.2, -0.15) is 0 Å². The molecule has 1 fully saturated rings. The zero-order chi connectivity index (χ0) is 20.5. The molecule has 0 aromatic heterocycles. The molecular weight excluding hydrogens is 384 g/mol. The van der Waals surface area contributed by atoms with Crippen molar-refractivity contribution in [3.8, 4) is 0 Å². The fraction of sp³-hybridized carbons (Fsp3) is 0.391. The number of anilines is 1. The fourth-order valence-electron chi connectivity index (χ4n) is 3.17. The summed E-state index contributed by atoms with van der Waals surface area (Å²) in [6, 6.07) is 15.3. The molecule has 0 spiro atoms. The lowest BCUT2D eigenvalue weighted by Gasteiger charge is -2.12. The molecule has 2 aromatic carbocycles. The number of thioether (sulfide) groups is 1. The first-order valence-electron chi connectivity index (χ1n) is 10.2. The summed E-state index contributed by atoms with van der Waals surface area (Å²) in [5, 5.41) is 5.86. The number of nitrogens with one attached hydrogen (secondary N) is 2. The number of carbonyl (C=O) groups is 2. The van der Waals surface area contributed by atoms with Gasteiger partial charge in [0.2, 0.25) is 5.91 Å². The van der Waals surface area contributed by atoms with Crippen LogP contribution in [-0.4, -0.2) is 30.3 Å². The molecule has 0 bridgehead atoms. The zero-order valence-corrected chi connectivity index (χ0v) is 17.6. The lowest BCUT2D eigenvalue weighted by atomic mass is 10.1. The molecule has 0 saturated carbocycles. The van der Waals surface area contributed by atoms with Gasteiger partial charge in [-0.05, 0) is 49.1 Å². The molecule has 1 atom stereocenters. The van der Waals surface area contributed by atoms with E-state index < -0.39 is 0 Å². The maximum atomic E-state index is 12.7. The van der Waals surface area contributed by atoms with Gasteiger partial charge in [-0.3, -0.25) is 9.59 Å². The van der Waals surface area contributed by atoms with Crippen LogP contribution in [0.15, 0.2) is 53.4 Å². The van der Waals surface area contributed by atoms with Crippen LogP contribution in [0.5, 0.6) is 0 Å². The highest BCUT2D eigenvalue weighted by Crippen LogP contribution is 2.26. The maximum absolute atomic E-state index is 12.7. The molecule has 2 aromatic rings. The third-order valence-corrected chi connectivity index (χ3v) is 5.95. The average molecular weight is 413 g/mol. The van der Waals surface area contributed by atoms with Crippen LogP contribution in [0.3, 0.4) is 0 Å². The number of carbonyl (C=O) groups excluding carboxylic acids is 2. The molecule has 2 N–H and O–H groups in total. The Balaban J connectivity index is 1.53. The number of hydrogen-bond acceptors (Lipinski definition) is 4. The van der Waals surface area contributed by atoms with E-state index in [0.29, 0.717) is 18.5 Å². The Hall–Kier alpha value is -2.31. The van der Waals surface area contributed by atoms with Crippen LogP contribution in [0.25, 0.3) is 0 Å². The maximum Gasteiger partial charge on any atom is 0.252 e. The minimum atomic E-state index is -0.0826. The smallest absolute Gasteiger partial charge is 0.252 e. The molecule has 1 aliphatic heterocycles. The summed E-state index contributed by atoms with van der Waals surface area (Å²) in [6.07, 6.45) is 3.84. The van der Waals surface area contributed by atoms with E-state index in [9.17, 15) is 9.59 Å². The first-order chi connectivity index (χ1) is 14.2. The largest absolute Gasteiger partial charge is 0.377 e. The Bertz CT molecular complexity index is 817. The zero-order valence-electron chi connectivity index (χ0n) is 16.8. The molecule has 3 rings (SSSR count). The Morgan fingerprint density at radius 2 is 1.93 bits per heavy atom. The van der Waals surface area contributed by atoms with Crippen LogP contribution in [0.2, 0.25) is 0 Å². The summed E-state index contributed by atoms with van der Waals surface area (Å²) < 4.78 is 5.68. The molecule has 1 aliphatic rings. The predicted molar refractivity (Wildman–Crippen MR) is 117 cm³/mol. The van der Waals surface area contributed by atoms with Crippen molar-refractivity contribution < 1.29 is 14.3 Å². The fourth-order valence-corrected chi connectivity index (χ4v) is 4.29. The quantitative estimate of drug-likeness (QED) is 0.590. The van der Waals surface area contributed by atoms with Crippen molar-refractivity contribution in [2.45, 2.75) is 50.2 Å². The molecule has 29 heavy (non-hydrogen) atoms. The Morgan fingerprint density at radius 3 is 2.66 bits per heavy atom. The van der Waals surface area contributed by atoms with Crippen LogP contribution in [0, 0.1) is 0 Å². The van der Waals surface area contributed by atoms with E-state index in [1.165, 1.54) is 0 Å². The number of rotatable bonds is 9.